The van der Waals surface area contributed by atoms with Gasteiger partial charge in [-0.3, -0.25) is 67.3 Å². The van der Waals surface area contributed by atoms with E-state index in [4.69, 9.17) is 62.8 Å². The van der Waals surface area contributed by atoms with Gasteiger partial charge < -0.3 is 177 Å². The molecule has 3 aliphatic rings. The van der Waals surface area contributed by atoms with Crippen molar-refractivity contribution >= 4 is 82.8 Å². The van der Waals surface area contributed by atoms with E-state index in [1.165, 1.54) is 38.1 Å². The van der Waals surface area contributed by atoms with Gasteiger partial charge in [-0.2, -0.15) is 0 Å². The van der Waals surface area contributed by atoms with Crippen molar-refractivity contribution in [3.8, 4) is 5.75 Å². The van der Waals surface area contributed by atoms with Gasteiger partial charge in [-0.1, -0.05) is 52.7 Å². The lowest BCUT2D eigenvalue weighted by atomic mass is 9.96. The number of carboxylic acids is 1. The van der Waals surface area contributed by atoms with Crippen molar-refractivity contribution in [1.29, 1.82) is 0 Å². The average molecular weight is 1640 g/mol. The molecule has 12 amide bonds. The number of primary amides is 3. The number of amides is 12. The molecule has 0 bridgehead atoms. The zero-order valence-corrected chi connectivity index (χ0v) is 62.6. The predicted molar refractivity (Wildman–Crippen MR) is 383 cm³/mol. The molecule has 48 heteroatoms. The number of aliphatic imine (C=N–C) groups is 1. The van der Waals surface area contributed by atoms with Crippen molar-refractivity contribution in [2.24, 2.45) is 51.2 Å². The highest BCUT2D eigenvalue weighted by molar-refractivity contribution is 5.99. The number of nitrogens with one attached hydrogen (secondary N) is 9. The van der Waals surface area contributed by atoms with Crippen molar-refractivity contribution in [3.05, 3.63) is 29.8 Å². The first-order valence-corrected chi connectivity index (χ1v) is 36.1. The van der Waals surface area contributed by atoms with Gasteiger partial charge in [0.25, 0.3) is 0 Å². The summed E-state index contributed by atoms with van der Waals surface area (Å²) in [7, 11) is 0. The second kappa shape index (κ2) is 46.9. The van der Waals surface area contributed by atoms with Crippen molar-refractivity contribution in [2.45, 2.75) is 232 Å². The van der Waals surface area contributed by atoms with Gasteiger partial charge in [0.15, 0.2) is 24.8 Å². The van der Waals surface area contributed by atoms with E-state index in [2.05, 4.69) is 52.8 Å². The number of carbonyl (C=O) groups is 13. The number of hydrogen-bond acceptors (Lipinski definition) is 33. The third-order valence-corrected chi connectivity index (χ3v) is 18.7. The predicted octanol–water partition coefficient (Wildman–Crippen LogP) is -15.0. The van der Waals surface area contributed by atoms with Crippen LogP contribution in [0.5, 0.6) is 5.75 Å². The molecule has 0 radical (unpaired) electrons. The van der Waals surface area contributed by atoms with Crippen molar-refractivity contribution < 1.29 is 157 Å². The van der Waals surface area contributed by atoms with Crippen LogP contribution < -0.4 is 82.3 Å². The van der Waals surface area contributed by atoms with E-state index in [0.29, 0.717) is 5.56 Å². The van der Waals surface area contributed by atoms with Crippen LogP contribution in [0.4, 0.5) is 0 Å². The Bertz CT molecular complexity index is 3420. The summed E-state index contributed by atoms with van der Waals surface area (Å²) in [6, 6.07) is -10.8. The maximum absolute atomic E-state index is 15.0. The van der Waals surface area contributed by atoms with Crippen LogP contribution in [0.15, 0.2) is 29.3 Å². The number of aliphatic hydroxyl groups is 11. The Morgan fingerprint density at radius 1 is 0.500 bits per heavy atom. The summed E-state index contributed by atoms with van der Waals surface area (Å²) in [5.74, 6) is -17.9. The molecule has 1 aromatic carbocycles. The summed E-state index contributed by atoms with van der Waals surface area (Å²) in [5, 5.41) is 158. The minimum Gasteiger partial charge on any atom is -0.508 e. The molecular formula is C66H108N16O32. The first kappa shape index (κ1) is 97.0. The number of phenolic OH excluding ortho intramolecular Hbond substituents is 1. The lowest BCUT2D eigenvalue weighted by Crippen LogP contribution is -2.66. The van der Waals surface area contributed by atoms with Gasteiger partial charge in [-0.05, 0) is 48.8 Å². The topological polar surface area (TPSA) is 817 Å². The molecule has 3 heterocycles. The molecule has 644 valence electrons. The molecule has 3 aliphatic heterocycles. The van der Waals surface area contributed by atoms with E-state index in [9.17, 15) is 129 Å². The number of guanidine groups is 1. The summed E-state index contributed by atoms with van der Waals surface area (Å²) in [5.41, 5.74) is 33.2. The van der Waals surface area contributed by atoms with Crippen LogP contribution in [0, 0.1) is 11.8 Å². The highest BCUT2D eigenvalue weighted by Gasteiger charge is 2.54. The molecule has 0 spiro atoms. The number of nitrogens with two attached hydrogens (primary N) is 6. The number of carboxylic acid groups (broad SMARTS) is 1. The molecule has 48 nitrogen and oxygen atoms in total. The summed E-state index contributed by atoms with van der Waals surface area (Å²) >= 11 is 0. The fraction of sp³-hybridized carbons (Fsp3) is 0.697. The fourth-order valence-electron chi connectivity index (χ4n) is 11.7. The number of ether oxygens (including phenoxy) is 6. The van der Waals surface area contributed by atoms with E-state index in [0.717, 1.165) is 0 Å². The second-order valence-corrected chi connectivity index (χ2v) is 27.3. The third-order valence-electron chi connectivity index (χ3n) is 18.7. The number of benzene rings is 1. The van der Waals surface area contributed by atoms with Crippen LogP contribution in [0.3, 0.4) is 0 Å². The number of aromatic hydroxyl groups is 1. The molecule has 0 unspecified atom stereocenters. The number of nitrogens with zero attached hydrogens (tertiary/aromatic N) is 1. The first-order valence-electron chi connectivity index (χ1n) is 36.1. The third kappa shape index (κ3) is 29.2. The highest BCUT2D eigenvalue weighted by atomic mass is 16.8. The molecular weight excluding hydrogens is 1530 g/mol. The Kier molecular flexibility index (Phi) is 39.9. The van der Waals surface area contributed by atoms with Gasteiger partial charge in [0, 0.05) is 19.4 Å². The Hall–Kier alpha value is -9.32. The number of carbonyl (C=O) groups excluding carboxylic acids is 12. The van der Waals surface area contributed by atoms with Gasteiger partial charge in [0.2, 0.25) is 70.9 Å². The number of aliphatic carboxylic acids is 1. The Labute approximate surface area is 650 Å². The van der Waals surface area contributed by atoms with Crippen LogP contribution in [0.2, 0.25) is 0 Å². The molecule has 1 aromatic rings. The SMILES string of the molecule is CC[C@H](C)[C@H](NC(=O)CNC(=O)[C@H](Cc1ccc(O)cc1)NC(=O)[C@@H](N)CC(=O)O)C(=O)N[C@@H](CO[C@@H]1O[C@H](CO)[C@H](O[C@H]2O[C@H](CO)[C@H](O[C@H]3O[C@H](CO)[C@H](O)[C@H](O)[C@H]3O)[C@H](O)[C@H]2O)[C@H](O)[C@H]1O)C(=O)N[C@@H](CCC(N)=O)C(=O)N[C@H](C(=O)N[C@@H](CC(N)=O)C(=O)N[C@@H](CO)C(=O)N[C@@H](CCCN=C(N)N)C(N)=O)[C@@H](C)CC. The van der Waals surface area contributed by atoms with Crippen LogP contribution >= 0.6 is 0 Å². The van der Waals surface area contributed by atoms with Crippen LogP contribution in [-0.4, -0.2) is 342 Å². The molecule has 26 atom stereocenters. The van der Waals surface area contributed by atoms with E-state index in [-0.39, 0.29) is 50.4 Å². The van der Waals surface area contributed by atoms with Crippen LogP contribution in [-0.2, 0) is 97.2 Å². The Balaban J connectivity index is 1.69. The van der Waals surface area contributed by atoms with E-state index in [1.54, 1.807) is 13.8 Å². The zero-order valence-electron chi connectivity index (χ0n) is 62.6. The molecule has 0 aliphatic carbocycles. The highest BCUT2D eigenvalue weighted by Crippen LogP contribution is 2.33. The molecule has 0 aromatic heterocycles. The van der Waals surface area contributed by atoms with Crippen molar-refractivity contribution in [1.82, 2.24) is 47.9 Å². The standard InChI is InChI=1S/C66H108N16O32/c1-5-25(3)43(81-41(90)19-74-56(102)32(16-27-9-11-28(87)12-10-27)77-55(101)29(67)17-42(91)92)61(107)80-35(24-109-63-50(98)47(95)52(37(22-85)111-63)114-65-51(99)48(96)53(38(23-86)112-65)113-64-49(97)46(94)45(93)36(21-84)110-64)60(106)76-31(13-14-39(68)88)57(103)82-44(26(4)6-2)62(108)78-33(18-40(69)89)58(104)79-34(20-83)59(105)75-30(54(70)100)8-7-15-73-66(71)72/h9-12,25-26,29-38,43-53,63-65,83-87,93-99H,5-8,13-24,67H2,1-4H3,(H2,68,88)(H2,69,89)(H2,70,100)(H,74,102)(H,75,105)(H,76,106)(H,77,101)(H,78,108)(H,79,104)(H,80,107)(H,81,90)(H,82,103)(H,91,92)(H4,71,72,73)/t25-,26-,29-,30-,31-,32-,33-,34-,35-,36+,37+,38+,43-,44-,45-,46-,47+,48+,49+,50+,51+,52-,53-,63+,64+,65+/m0/s1. The quantitative estimate of drug-likeness (QED) is 0.0164. The summed E-state index contributed by atoms with van der Waals surface area (Å²) in [6.07, 6.45) is -33.6. The van der Waals surface area contributed by atoms with Crippen LogP contribution in [0.25, 0.3) is 0 Å². The maximum atomic E-state index is 15.0. The molecule has 0 saturated carbocycles. The minimum absolute atomic E-state index is 0.0119. The van der Waals surface area contributed by atoms with Gasteiger partial charge in [-0.15, -0.1) is 0 Å². The number of hydrogen-bond donors (Lipinski definition) is 28. The summed E-state index contributed by atoms with van der Waals surface area (Å²) in [4.78, 5) is 179. The maximum Gasteiger partial charge on any atom is 0.305 e. The Morgan fingerprint density at radius 2 is 0.965 bits per heavy atom. The number of aliphatic hydroxyl groups excluding tert-OH is 11. The van der Waals surface area contributed by atoms with Crippen LogP contribution in [0.1, 0.15) is 84.6 Å². The first-order chi connectivity index (χ1) is 53.6. The van der Waals surface area contributed by atoms with E-state index in [1.807, 2.05) is 0 Å². The van der Waals surface area contributed by atoms with E-state index < -0.39 is 300 Å². The minimum atomic E-state index is -2.35. The Morgan fingerprint density at radius 3 is 1.47 bits per heavy atom. The lowest BCUT2D eigenvalue weighted by molar-refractivity contribution is -0.379. The number of rotatable bonds is 47. The van der Waals surface area contributed by atoms with Gasteiger partial charge in [0.05, 0.1) is 58.5 Å². The second-order valence-electron chi connectivity index (χ2n) is 27.3. The van der Waals surface area contributed by atoms with Gasteiger partial charge in [0.1, 0.15) is 127 Å². The fourth-order valence-corrected chi connectivity index (χ4v) is 11.7. The molecule has 3 fully saturated rings. The molecule has 3 saturated heterocycles. The summed E-state index contributed by atoms with van der Waals surface area (Å²) in [6.45, 7) is -0.403. The molecule has 4 rings (SSSR count). The molecule has 34 N–H and O–H groups in total. The van der Waals surface area contributed by atoms with E-state index >= 15 is 0 Å². The summed E-state index contributed by atoms with van der Waals surface area (Å²) < 4.78 is 33.9. The molecule has 114 heavy (non-hydrogen) atoms. The normalized spacial score (nSPS) is 26.3. The lowest BCUT2D eigenvalue weighted by Gasteiger charge is -2.48. The monoisotopic (exact) mass is 1640 g/mol. The number of phenols is 1. The smallest absolute Gasteiger partial charge is 0.305 e. The van der Waals surface area contributed by atoms with Crippen molar-refractivity contribution in [2.75, 3.05) is 46.1 Å². The average Bonchev–Trinajstić information content (AvgIpc) is 0.777. The van der Waals surface area contributed by atoms with Gasteiger partial charge in [-0.25, -0.2) is 0 Å². The van der Waals surface area contributed by atoms with Gasteiger partial charge >= 0.3 is 5.97 Å². The largest absolute Gasteiger partial charge is 0.508 e. The van der Waals surface area contributed by atoms with Crippen molar-refractivity contribution in [3.63, 3.8) is 0 Å². The zero-order chi connectivity index (χ0) is 85.7.